The molecule has 1 amide bonds. The molecule has 6 nitrogen and oxygen atoms in total. The second-order valence-electron chi connectivity index (χ2n) is 8.80. The van der Waals surface area contributed by atoms with Gasteiger partial charge in [0.25, 0.3) is 5.91 Å². The number of allylic oxidation sites excluding steroid dienone is 1. The van der Waals surface area contributed by atoms with Crippen molar-refractivity contribution in [2.24, 2.45) is 0 Å². The SMILES string of the molecule is C=CC(=C)N1CCN(C(=O)c2cc(Sc3cnc(Nc4ncc(C)cc4C)s3)c(C)cc2C)CC1. The Kier molecular flexibility index (Phi) is 7.62. The van der Waals surface area contributed by atoms with Crippen molar-refractivity contribution in [3.05, 3.63) is 83.3 Å². The number of hydrogen-bond acceptors (Lipinski definition) is 7. The average Bonchev–Trinajstić information content (AvgIpc) is 3.28. The van der Waals surface area contributed by atoms with Crippen LogP contribution in [0.5, 0.6) is 0 Å². The fourth-order valence-corrected chi connectivity index (χ4v) is 6.03. The van der Waals surface area contributed by atoms with Gasteiger partial charge in [-0.15, -0.1) is 0 Å². The number of aryl methyl sites for hydroxylation is 4. The minimum Gasteiger partial charge on any atom is -0.368 e. The highest BCUT2D eigenvalue weighted by Gasteiger charge is 2.24. The highest BCUT2D eigenvalue weighted by molar-refractivity contribution is 8.01. The summed E-state index contributed by atoms with van der Waals surface area (Å²) in [6.07, 6.45) is 5.49. The largest absolute Gasteiger partial charge is 0.368 e. The third-order valence-electron chi connectivity index (χ3n) is 6.10. The molecule has 0 saturated carbocycles. The number of pyridine rings is 1. The van der Waals surface area contributed by atoms with E-state index in [-0.39, 0.29) is 5.91 Å². The highest BCUT2D eigenvalue weighted by atomic mass is 32.2. The smallest absolute Gasteiger partial charge is 0.254 e. The van der Waals surface area contributed by atoms with Crippen LogP contribution >= 0.6 is 23.1 Å². The number of hydrogen-bond donors (Lipinski definition) is 1. The Hall–Kier alpha value is -3.10. The normalized spacial score (nSPS) is 13.6. The van der Waals surface area contributed by atoms with Gasteiger partial charge in [-0.3, -0.25) is 4.79 Å². The first kappa shape index (κ1) is 25.0. The van der Waals surface area contributed by atoms with Crippen molar-refractivity contribution in [3.8, 4) is 0 Å². The van der Waals surface area contributed by atoms with E-state index >= 15 is 0 Å². The molecule has 0 aliphatic carbocycles. The van der Waals surface area contributed by atoms with Gasteiger partial charge in [0.05, 0.1) is 10.4 Å². The molecule has 0 bridgehead atoms. The Morgan fingerprint density at radius 3 is 2.40 bits per heavy atom. The minimum atomic E-state index is 0.0841. The second-order valence-corrected chi connectivity index (χ2v) is 11.2. The lowest BCUT2D eigenvalue weighted by molar-refractivity contribution is 0.0672. The van der Waals surface area contributed by atoms with E-state index in [1.165, 1.54) is 0 Å². The molecule has 1 aliphatic rings. The van der Waals surface area contributed by atoms with Crippen molar-refractivity contribution >= 4 is 40.0 Å². The number of thiazole rings is 1. The Morgan fingerprint density at radius 1 is 1.00 bits per heavy atom. The van der Waals surface area contributed by atoms with E-state index in [1.807, 2.05) is 44.1 Å². The van der Waals surface area contributed by atoms with E-state index in [9.17, 15) is 4.79 Å². The van der Waals surface area contributed by atoms with Gasteiger partial charge in [0.2, 0.25) is 0 Å². The summed E-state index contributed by atoms with van der Waals surface area (Å²) in [6.45, 7) is 18.9. The predicted molar refractivity (Wildman–Crippen MR) is 146 cm³/mol. The quantitative estimate of drug-likeness (QED) is 0.390. The van der Waals surface area contributed by atoms with E-state index in [4.69, 9.17) is 0 Å². The first-order valence-electron chi connectivity index (χ1n) is 11.6. The minimum absolute atomic E-state index is 0.0841. The molecular weight excluding hydrogens is 474 g/mol. The zero-order valence-corrected chi connectivity index (χ0v) is 22.4. The lowest BCUT2D eigenvalue weighted by atomic mass is 10.0. The molecular formula is C27H31N5OS2. The summed E-state index contributed by atoms with van der Waals surface area (Å²) in [7, 11) is 0. The van der Waals surface area contributed by atoms with Gasteiger partial charge in [0.15, 0.2) is 5.13 Å². The Balaban J connectivity index is 1.47. The van der Waals surface area contributed by atoms with Gasteiger partial charge >= 0.3 is 0 Å². The van der Waals surface area contributed by atoms with Crippen LogP contribution in [-0.2, 0) is 0 Å². The van der Waals surface area contributed by atoms with Crippen LogP contribution in [0.2, 0.25) is 0 Å². The Labute approximate surface area is 215 Å². The molecule has 1 N–H and O–H groups in total. The van der Waals surface area contributed by atoms with Gasteiger partial charge in [-0.1, -0.05) is 48.4 Å². The molecule has 0 spiro atoms. The first-order valence-corrected chi connectivity index (χ1v) is 13.2. The summed E-state index contributed by atoms with van der Waals surface area (Å²) in [5.41, 5.74) is 6.04. The average molecular weight is 506 g/mol. The van der Waals surface area contributed by atoms with Crippen molar-refractivity contribution in [1.29, 1.82) is 0 Å². The fourth-order valence-electron chi connectivity index (χ4n) is 4.09. The van der Waals surface area contributed by atoms with E-state index in [0.29, 0.717) is 13.1 Å². The molecule has 3 aromatic rings. The molecule has 1 fully saturated rings. The molecule has 0 radical (unpaired) electrons. The molecule has 1 aromatic carbocycles. The van der Waals surface area contributed by atoms with Crippen molar-refractivity contribution in [2.75, 3.05) is 31.5 Å². The Bertz CT molecular complexity index is 1270. The number of anilines is 2. The van der Waals surface area contributed by atoms with Crippen LogP contribution in [0.3, 0.4) is 0 Å². The number of carbonyl (C=O) groups is 1. The maximum absolute atomic E-state index is 13.4. The summed E-state index contributed by atoms with van der Waals surface area (Å²) in [6, 6.07) is 6.23. The molecule has 1 saturated heterocycles. The van der Waals surface area contributed by atoms with Gasteiger partial charge in [0, 0.05) is 48.5 Å². The number of nitrogens with zero attached hydrogens (tertiary/aromatic N) is 4. The molecule has 1 aliphatic heterocycles. The zero-order valence-electron chi connectivity index (χ0n) is 20.7. The molecule has 4 rings (SSSR count). The van der Waals surface area contributed by atoms with Gasteiger partial charge in [-0.2, -0.15) is 0 Å². The molecule has 182 valence electrons. The number of benzene rings is 1. The summed E-state index contributed by atoms with van der Waals surface area (Å²) in [4.78, 5) is 27.6. The van der Waals surface area contributed by atoms with Crippen molar-refractivity contribution in [2.45, 2.75) is 36.8 Å². The lowest BCUT2D eigenvalue weighted by Gasteiger charge is -2.36. The Morgan fingerprint density at radius 2 is 1.71 bits per heavy atom. The molecule has 2 aromatic heterocycles. The highest BCUT2D eigenvalue weighted by Crippen LogP contribution is 2.37. The number of carbonyl (C=O) groups excluding carboxylic acids is 1. The summed E-state index contributed by atoms with van der Waals surface area (Å²) >= 11 is 3.22. The van der Waals surface area contributed by atoms with E-state index < -0.39 is 0 Å². The van der Waals surface area contributed by atoms with Crippen LogP contribution in [0, 0.1) is 27.7 Å². The maximum atomic E-state index is 13.4. The third kappa shape index (κ3) is 5.77. The van der Waals surface area contributed by atoms with Crippen molar-refractivity contribution in [1.82, 2.24) is 19.8 Å². The van der Waals surface area contributed by atoms with E-state index in [2.05, 4.69) is 52.4 Å². The monoisotopic (exact) mass is 505 g/mol. The molecule has 0 unspecified atom stereocenters. The fraction of sp³-hybridized carbons (Fsp3) is 0.296. The van der Waals surface area contributed by atoms with Crippen LogP contribution in [0.25, 0.3) is 0 Å². The standard InChI is InChI=1S/C27H31N5OS2/c1-7-21(6)31-8-10-32(11-9-31)26(33)22-14-23(19(4)13-18(22)3)34-24-16-29-27(35-24)30-25-20(5)12-17(2)15-28-25/h7,12-16H,1,6,8-11H2,2-5H3,(H,28,29,30). The van der Waals surface area contributed by atoms with Crippen LogP contribution in [-0.4, -0.2) is 51.9 Å². The zero-order chi connectivity index (χ0) is 25.1. The molecule has 35 heavy (non-hydrogen) atoms. The number of aromatic nitrogens is 2. The summed E-state index contributed by atoms with van der Waals surface area (Å²) < 4.78 is 1.05. The number of nitrogens with one attached hydrogen (secondary N) is 1. The predicted octanol–water partition coefficient (Wildman–Crippen LogP) is 6.12. The maximum Gasteiger partial charge on any atom is 0.254 e. The van der Waals surface area contributed by atoms with Crippen molar-refractivity contribution in [3.63, 3.8) is 0 Å². The van der Waals surface area contributed by atoms with Gasteiger partial charge < -0.3 is 15.1 Å². The van der Waals surface area contributed by atoms with Crippen LogP contribution in [0.1, 0.15) is 32.6 Å². The first-order chi connectivity index (χ1) is 16.7. The summed E-state index contributed by atoms with van der Waals surface area (Å²) in [5.74, 6) is 0.901. The van der Waals surface area contributed by atoms with Gasteiger partial charge in [0.1, 0.15) is 5.82 Å². The van der Waals surface area contributed by atoms with E-state index in [1.54, 1.807) is 29.2 Å². The lowest BCUT2D eigenvalue weighted by Crippen LogP contribution is -2.48. The molecule has 0 atom stereocenters. The second kappa shape index (κ2) is 10.7. The van der Waals surface area contributed by atoms with Crippen LogP contribution in [0.4, 0.5) is 10.9 Å². The topological polar surface area (TPSA) is 61.4 Å². The molecule has 3 heterocycles. The third-order valence-corrected chi connectivity index (χ3v) is 8.27. The molecule has 8 heteroatoms. The van der Waals surface area contributed by atoms with Crippen LogP contribution < -0.4 is 5.32 Å². The number of piperazine rings is 1. The summed E-state index contributed by atoms with van der Waals surface area (Å²) in [5, 5.41) is 4.12. The van der Waals surface area contributed by atoms with Crippen molar-refractivity contribution < 1.29 is 4.79 Å². The number of amides is 1. The number of rotatable bonds is 7. The van der Waals surface area contributed by atoms with E-state index in [0.717, 1.165) is 66.7 Å². The van der Waals surface area contributed by atoms with Gasteiger partial charge in [-0.25, -0.2) is 9.97 Å². The van der Waals surface area contributed by atoms with Crippen LogP contribution in [0.15, 0.2) is 64.6 Å². The van der Waals surface area contributed by atoms with Gasteiger partial charge in [-0.05, 0) is 62.1 Å².